The molecule has 1 saturated heterocycles. The predicted octanol–water partition coefficient (Wildman–Crippen LogP) is 6.40. The fourth-order valence-corrected chi connectivity index (χ4v) is 4.05. The van der Waals surface area contributed by atoms with Crippen LogP contribution in [0, 0.1) is 5.92 Å². The molecule has 38 heavy (non-hydrogen) atoms. The van der Waals surface area contributed by atoms with Crippen molar-refractivity contribution in [2.45, 2.75) is 25.2 Å². The lowest BCUT2D eigenvalue weighted by Crippen LogP contribution is -2.43. The third-order valence-corrected chi connectivity index (χ3v) is 5.88. The summed E-state index contributed by atoms with van der Waals surface area (Å²) >= 11 is 0. The summed E-state index contributed by atoms with van der Waals surface area (Å²) in [4.78, 5) is 31.0. The first-order valence-electron chi connectivity index (χ1n) is 11.5. The van der Waals surface area contributed by atoms with Gasteiger partial charge in [0.1, 0.15) is 5.75 Å². The molecule has 0 saturated carbocycles. The number of carbonyl (C=O) groups is 2. The third-order valence-electron chi connectivity index (χ3n) is 5.88. The van der Waals surface area contributed by atoms with E-state index in [9.17, 15) is 35.9 Å². The molecule has 1 unspecified atom stereocenters. The minimum Gasteiger partial charge on any atom is -0.439 e. The zero-order valence-electron chi connectivity index (χ0n) is 19.6. The van der Waals surface area contributed by atoms with Gasteiger partial charge in [0.05, 0.1) is 17.0 Å². The Hall–Kier alpha value is -4.09. The van der Waals surface area contributed by atoms with Gasteiger partial charge in [0.25, 0.3) is 5.91 Å². The van der Waals surface area contributed by atoms with Gasteiger partial charge in [0.15, 0.2) is 0 Å². The smallest absolute Gasteiger partial charge is 0.416 e. The number of ether oxygens (including phenoxy) is 1. The van der Waals surface area contributed by atoms with Crippen LogP contribution in [0.3, 0.4) is 0 Å². The zero-order valence-corrected chi connectivity index (χ0v) is 19.6. The lowest BCUT2D eigenvalue weighted by Gasteiger charge is -2.32. The number of halogens is 6. The molecule has 2 aromatic carbocycles. The third kappa shape index (κ3) is 6.61. The topological polar surface area (TPSA) is 71.5 Å². The molecule has 0 radical (unpaired) electrons. The minimum atomic E-state index is -5.07. The van der Waals surface area contributed by atoms with Gasteiger partial charge in [-0.15, -0.1) is 0 Å². The van der Waals surface area contributed by atoms with E-state index < -0.39 is 46.8 Å². The van der Waals surface area contributed by atoms with E-state index >= 15 is 0 Å². The second-order valence-electron chi connectivity index (χ2n) is 8.67. The number of amides is 2. The van der Waals surface area contributed by atoms with Gasteiger partial charge in [-0.1, -0.05) is 12.1 Å². The first-order valence-corrected chi connectivity index (χ1v) is 11.5. The molecule has 0 aliphatic carbocycles. The van der Waals surface area contributed by atoms with Crippen LogP contribution in [0.1, 0.15) is 34.3 Å². The standard InChI is InChI=1S/C26H21F6N3O3/c27-25(28,29)18-11-17(12-19(13-18)26(30,31)32)24(37)35-10-4-5-16(15-35)23(36)34-20-6-3-7-21(14-20)38-22-8-1-2-9-33-22/h1-3,6-9,11-14,16H,4-5,10,15H2,(H,34,36). The lowest BCUT2D eigenvalue weighted by molar-refractivity contribution is -0.143. The van der Waals surface area contributed by atoms with Crippen LogP contribution in [0.4, 0.5) is 32.0 Å². The van der Waals surface area contributed by atoms with Crippen LogP contribution >= 0.6 is 0 Å². The Morgan fingerprint density at radius 3 is 2.26 bits per heavy atom. The minimum absolute atomic E-state index is 0.0328. The number of hydrogen-bond acceptors (Lipinski definition) is 4. The number of piperidine rings is 1. The summed E-state index contributed by atoms with van der Waals surface area (Å²) in [5, 5.41) is 2.72. The molecule has 1 N–H and O–H groups in total. The second kappa shape index (κ2) is 10.7. The zero-order chi connectivity index (χ0) is 27.5. The number of aromatic nitrogens is 1. The van der Waals surface area contributed by atoms with Gasteiger partial charge in [0.2, 0.25) is 11.8 Å². The number of likely N-dealkylation sites (tertiary alicyclic amines) is 1. The van der Waals surface area contributed by atoms with Gasteiger partial charge < -0.3 is 15.0 Å². The maximum atomic E-state index is 13.2. The molecule has 1 atom stereocenters. The van der Waals surface area contributed by atoms with Crippen LogP contribution in [-0.2, 0) is 17.1 Å². The first kappa shape index (κ1) is 27.0. The van der Waals surface area contributed by atoms with Crippen molar-refractivity contribution in [1.29, 1.82) is 0 Å². The van der Waals surface area contributed by atoms with Gasteiger partial charge in [-0.25, -0.2) is 4.98 Å². The van der Waals surface area contributed by atoms with E-state index in [4.69, 9.17) is 4.74 Å². The highest BCUT2D eigenvalue weighted by Gasteiger charge is 2.38. The summed E-state index contributed by atoms with van der Waals surface area (Å²) in [5.41, 5.74) is -3.49. The number of nitrogens with zero attached hydrogens (tertiary/aromatic N) is 2. The number of nitrogens with one attached hydrogen (secondary N) is 1. The summed E-state index contributed by atoms with van der Waals surface area (Å²) in [5.74, 6) is -1.42. The molecule has 1 fully saturated rings. The Morgan fingerprint density at radius 1 is 0.921 bits per heavy atom. The van der Waals surface area contributed by atoms with Crippen molar-refractivity contribution in [3.05, 3.63) is 83.6 Å². The van der Waals surface area contributed by atoms with Gasteiger partial charge in [-0.2, -0.15) is 26.3 Å². The maximum Gasteiger partial charge on any atom is 0.416 e. The molecule has 0 bridgehead atoms. The summed E-state index contributed by atoms with van der Waals surface area (Å²) in [6.45, 7) is -0.0694. The highest BCUT2D eigenvalue weighted by Crippen LogP contribution is 2.37. The largest absolute Gasteiger partial charge is 0.439 e. The molecule has 1 aliphatic rings. The number of alkyl halides is 6. The fraction of sp³-hybridized carbons (Fsp3) is 0.269. The van der Waals surface area contributed by atoms with Crippen molar-refractivity contribution >= 4 is 17.5 Å². The van der Waals surface area contributed by atoms with Gasteiger partial charge >= 0.3 is 12.4 Å². The molecule has 3 aromatic rings. The van der Waals surface area contributed by atoms with Crippen LogP contribution in [0.15, 0.2) is 66.9 Å². The Labute approximate surface area is 213 Å². The van der Waals surface area contributed by atoms with Crippen molar-refractivity contribution in [3.63, 3.8) is 0 Å². The summed E-state index contributed by atoms with van der Waals surface area (Å²) in [6.07, 6.45) is -7.86. The van der Waals surface area contributed by atoms with E-state index in [2.05, 4.69) is 10.3 Å². The van der Waals surface area contributed by atoms with Crippen LogP contribution < -0.4 is 10.1 Å². The predicted molar refractivity (Wildman–Crippen MR) is 124 cm³/mol. The average Bonchev–Trinajstić information content (AvgIpc) is 2.88. The SMILES string of the molecule is O=C(Nc1cccc(Oc2ccccn2)c1)C1CCCN(C(=O)c2cc(C(F)(F)F)cc(C(F)(F)F)c2)C1. The quantitative estimate of drug-likeness (QED) is 0.383. The molecule has 12 heteroatoms. The number of rotatable bonds is 5. The molecule has 200 valence electrons. The van der Waals surface area contributed by atoms with Gasteiger partial charge in [-0.3, -0.25) is 9.59 Å². The van der Waals surface area contributed by atoms with Crippen LogP contribution in [0.5, 0.6) is 11.6 Å². The molecule has 1 aliphatic heterocycles. The number of pyridine rings is 1. The Balaban J connectivity index is 1.47. The molecular formula is C26H21F6N3O3. The van der Waals surface area contributed by atoms with Gasteiger partial charge in [0, 0.05) is 42.7 Å². The monoisotopic (exact) mass is 537 g/mol. The van der Waals surface area contributed by atoms with Crippen LogP contribution in [0.2, 0.25) is 0 Å². The van der Waals surface area contributed by atoms with Crippen molar-refractivity contribution in [2.24, 2.45) is 5.92 Å². The van der Waals surface area contributed by atoms with E-state index in [0.717, 1.165) is 4.90 Å². The van der Waals surface area contributed by atoms with Crippen molar-refractivity contribution in [1.82, 2.24) is 9.88 Å². The number of hydrogen-bond donors (Lipinski definition) is 1. The molecule has 2 heterocycles. The molecule has 2 amide bonds. The second-order valence-corrected chi connectivity index (χ2v) is 8.67. The van der Waals surface area contributed by atoms with E-state index in [-0.39, 0.29) is 19.2 Å². The normalized spacial score (nSPS) is 16.2. The van der Waals surface area contributed by atoms with E-state index in [1.54, 1.807) is 48.7 Å². The Bertz CT molecular complexity index is 1280. The van der Waals surface area contributed by atoms with Crippen LogP contribution in [-0.4, -0.2) is 34.8 Å². The Kier molecular flexibility index (Phi) is 7.61. The molecular weight excluding hydrogens is 516 g/mol. The highest BCUT2D eigenvalue weighted by molar-refractivity contribution is 5.96. The Morgan fingerprint density at radius 2 is 1.63 bits per heavy atom. The molecule has 1 aromatic heterocycles. The lowest BCUT2D eigenvalue weighted by atomic mass is 9.95. The maximum absolute atomic E-state index is 13.2. The summed E-state index contributed by atoms with van der Waals surface area (Å²) in [7, 11) is 0. The summed E-state index contributed by atoms with van der Waals surface area (Å²) < 4.78 is 84.9. The molecule has 6 nitrogen and oxygen atoms in total. The van der Waals surface area contributed by atoms with Crippen molar-refractivity contribution in [3.8, 4) is 11.6 Å². The average molecular weight is 537 g/mol. The van der Waals surface area contributed by atoms with E-state index in [0.29, 0.717) is 42.3 Å². The van der Waals surface area contributed by atoms with Gasteiger partial charge in [-0.05, 0) is 49.2 Å². The number of carbonyl (C=O) groups excluding carboxylic acids is 2. The summed E-state index contributed by atoms with van der Waals surface area (Å²) in [6, 6.07) is 12.4. The highest BCUT2D eigenvalue weighted by atomic mass is 19.4. The van der Waals surface area contributed by atoms with Crippen molar-refractivity contribution in [2.75, 3.05) is 18.4 Å². The number of anilines is 1. The molecule has 4 rings (SSSR count). The van der Waals surface area contributed by atoms with E-state index in [1.807, 2.05) is 0 Å². The van der Waals surface area contributed by atoms with E-state index in [1.165, 1.54) is 0 Å². The first-order chi connectivity index (χ1) is 17.9. The molecule has 0 spiro atoms. The fourth-order valence-electron chi connectivity index (χ4n) is 4.05. The van der Waals surface area contributed by atoms with Crippen molar-refractivity contribution < 1.29 is 40.7 Å². The van der Waals surface area contributed by atoms with Crippen LogP contribution in [0.25, 0.3) is 0 Å². The number of benzene rings is 2.